The monoisotopic (exact) mass is 315 g/mol. The van der Waals surface area contributed by atoms with Gasteiger partial charge in [0, 0.05) is 22.5 Å². The summed E-state index contributed by atoms with van der Waals surface area (Å²) in [6.45, 7) is 8.56. The van der Waals surface area contributed by atoms with Gasteiger partial charge < -0.3 is 4.42 Å². The van der Waals surface area contributed by atoms with Crippen LogP contribution in [0.4, 0.5) is 0 Å². The molecule has 0 atom stereocenters. The summed E-state index contributed by atoms with van der Waals surface area (Å²) in [5, 5.41) is 3.53. The summed E-state index contributed by atoms with van der Waals surface area (Å²) in [4.78, 5) is 4.71. The smallest absolute Gasteiger partial charge is 0.143 e. The summed E-state index contributed by atoms with van der Waals surface area (Å²) >= 11 is 0. The first-order valence-corrected chi connectivity index (χ1v) is 8.43. The minimum atomic E-state index is 0.459. The molecule has 0 radical (unpaired) electrons. The van der Waals surface area contributed by atoms with Gasteiger partial charge in [0.1, 0.15) is 11.3 Å². The average molecular weight is 315 g/mol. The minimum Gasteiger partial charge on any atom is -0.461 e. The molecule has 0 spiro atoms. The molecule has 0 aliphatic carbocycles. The summed E-state index contributed by atoms with van der Waals surface area (Å²) in [6, 6.07) is 15.2. The highest BCUT2D eigenvalue weighted by Crippen LogP contribution is 2.36. The van der Waals surface area contributed by atoms with E-state index >= 15 is 0 Å². The molecular formula is C22H21NO. The second-order valence-corrected chi connectivity index (χ2v) is 6.88. The molecule has 0 saturated carbocycles. The maximum Gasteiger partial charge on any atom is 0.143 e. The van der Waals surface area contributed by atoms with E-state index in [2.05, 4.69) is 63.2 Å². The topological polar surface area (TPSA) is 26.0 Å². The van der Waals surface area contributed by atoms with E-state index in [9.17, 15) is 0 Å². The molecule has 0 aliphatic heterocycles. The second kappa shape index (κ2) is 5.48. The second-order valence-electron chi connectivity index (χ2n) is 6.88. The zero-order valence-electron chi connectivity index (χ0n) is 14.6. The fraction of sp³-hybridized carbons (Fsp3) is 0.227. The molecule has 120 valence electrons. The van der Waals surface area contributed by atoms with Crippen LogP contribution in [0.1, 0.15) is 36.7 Å². The number of rotatable bonds is 2. The first-order valence-electron chi connectivity index (χ1n) is 8.43. The molecule has 2 aromatic carbocycles. The molecule has 2 heteroatoms. The van der Waals surface area contributed by atoms with E-state index in [-0.39, 0.29) is 0 Å². The molecule has 4 rings (SSSR count). The van der Waals surface area contributed by atoms with Gasteiger partial charge in [0.25, 0.3) is 0 Å². The van der Waals surface area contributed by atoms with Crippen molar-refractivity contribution in [2.45, 2.75) is 33.6 Å². The summed E-state index contributed by atoms with van der Waals surface area (Å²) < 4.78 is 6.02. The highest BCUT2D eigenvalue weighted by Gasteiger charge is 2.15. The zero-order chi connectivity index (χ0) is 16.8. The van der Waals surface area contributed by atoms with Gasteiger partial charge in [0.05, 0.1) is 5.69 Å². The Morgan fingerprint density at radius 2 is 1.75 bits per heavy atom. The van der Waals surface area contributed by atoms with E-state index in [4.69, 9.17) is 9.40 Å². The van der Waals surface area contributed by atoms with Crippen LogP contribution in [-0.2, 0) is 0 Å². The molecule has 0 N–H and O–H groups in total. The van der Waals surface area contributed by atoms with Gasteiger partial charge in [0.2, 0.25) is 0 Å². The summed E-state index contributed by atoms with van der Waals surface area (Å²) in [7, 11) is 0. The first-order chi connectivity index (χ1) is 11.5. The fourth-order valence-corrected chi connectivity index (χ4v) is 3.33. The third-order valence-corrected chi connectivity index (χ3v) is 4.60. The Kier molecular flexibility index (Phi) is 3.42. The molecule has 4 aromatic rings. The largest absolute Gasteiger partial charge is 0.461 e. The molecule has 2 nitrogen and oxygen atoms in total. The van der Waals surface area contributed by atoms with Crippen molar-refractivity contribution in [1.82, 2.24) is 4.98 Å². The molecule has 24 heavy (non-hydrogen) atoms. The number of furan rings is 1. The first kappa shape index (κ1) is 14.9. The van der Waals surface area contributed by atoms with E-state index in [0.29, 0.717) is 5.92 Å². The molecule has 0 fully saturated rings. The molecule has 0 unspecified atom stereocenters. The van der Waals surface area contributed by atoms with Crippen molar-refractivity contribution in [1.29, 1.82) is 0 Å². The van der Waals surface area contributed by atoms with Gasteiger partial charge in [-0.25, -0.2) is 0 Å². The number of aromatic nitrogens is 1. The van der Waals surface area contributed by atoms with Crippen LogP contribution in [0.15, 0.2) is 53.1 Å². The summed E-state index contributed by atoms with van der Waals surface area (Å²) in [6.07, 6.45) is 1.89. The Bertz CT molecular complexity index is 1060. The number of nitrogens with zero attached hydrogens (tertiary/aromatic N) is 1. The van der Waals surface area contributed by atoms with Crippen molar-refractivity contribution >= 4 is 21.7 Å². The summed E-state index contributed by atoms with van der Waals surface area (Å²) in [5.74, 6) is 1.39. The highest BCUT2D eigenvalue weighted by atomic mass is 16.3. The maximum atomic E-state index is 6.02. The number of hydrogen-bond donors (Lipinski definition) is 0. The predicted octanol–water partition coefficient (Wildman–Crippen LogP) is 6.39. The third-order valence-electron chi connectivity index (χ3n) is 4.60. The van der Waals surface area contributed by atoms with Gasteiger partial charge in [-0.1, -0.05) is 37.6 Å². The lowest BCUT2D eigenvalue weighted by Crippen LogP contribution is -1.92. The van der Waals surface area contributed by atoms with Crippen molar-refractivity contribution in [3.63, 3.8) is 0 Å². The normalized spacial score (nSPS) is 11.7. The van der Waals surface area contributed by atoms with Crippen molar-refractivity contribution in [3.8, 4) is 11.3 Å². The van der Waals surface area contributed by atoms with Gasteiger partial charge in [-0.15, -0.1) is 0 Å². The van der Waals surface area contributed by atoms with Crippen LogP contribution in [-0.4, -0.2) is 4.98 Å². The summed E-state index contributed by atoms with van der Waals surface area (Å²) in [5.41, 5.74) is 5.57. The van der Waals surface area contributed by atoms with E-state index < -0.39 is 0 Å². The van der Waals surface area contributed by atoms with Gasteiger partial charge >= 0.3 is 0 Å². The number of pyridine rings is 1. The fourth-order valence-electron chi connectivity index (χ4n) is 3.33. The number of benzene rings is 2. The van der Waals surface area contributed by atoms with E-state index in [1.54, 1.807) is 0 Å². The Morgan fingerprint density at radius 1 is 0.917 bits per heavy atom. The van der Waals surface area contributed by atoms with Crippen molar-refractivity contribution in [3.05, 3.63) is 65.5 Å². The third kappa shape index (κ3) is 2.39. The van der Waals surface area contributed by atoms with Crippen LogP contribution in [0.25, 0.3) is 33.0 Å². The molecule has 0 amide bonds. The molecule has 2 heterocycles. The van der Waals surface area contributed by atoms with E-state index in [0.717, 1.165) is 28.0 Å². The number of aryl methyl sites for hydroxylation is 2. The Hall–Kier alpha value is -2.61. The Labute approximate surface area is 142 Å². The Morgan fingerprint density at radius 3 is 2.54 bits per heavy atom. The SMILES string of the molecule is Cc1ccc2c(-c3cc(C(C)C)cc4cc(C)oc34)nccc2c1. The molecule has 0 bridgehead atoms. The standard InChI is InChI=1S/C22H21NO/c1-13(2)17-11-18-10-15(4)24-22(18)20(12-17)21-19-6-5-14(3)9-16(19)7-8-23-21/h5-13H,1-4H3. The average Bonchev–Trinajstić information content (AvgIpc) is 2.93. The zero-order valence-corrected chi connectivity index (χ0v) is 14.6. The van der Waals surface area contributed by atoms with Crippen molar-refractivity contribution < 1.29 is 4.42 Å². The van der Waals surface area contributed by atoms with E-state index in [1.165, 1.54) is 21.9 Å². The molecular weight excluding hydrogens is 294 g/mol. The lowest BCUT2D eigenvalue weighted by Gasteiger charge is -2.11. The maximum absolute atomic E-state index is 6.02. The van der Waals surface area contributed by atoms with Crippen molar-refractivity contribution in [2.24, 2.45) is 0 Å². The molecule has 2 aromatic heterocycles. The van der Waals surface area contributed by atoms with E-state index in [1.807, 2.05) is 13.1 Å². The van der Waals surface area contributed by atoms with Gasteiger partial charge in [-0.05, 0) is 55.0 Å². The molecule has 0 aliphatic rings. The number of hydrogen-bond acceptors (Lipinski definition) is 2. The van der Waals surface area contributed by atoms with Crippen LogP contribution < -0.4 is 0 Å². The van der Waals surface area contributed by atoms with Crippen LogP contribution in [0, 0.1) is 13.8 Å². The predicted molar refractivity (Wildman–Crippen MR) is 101 cm³/mol. The minimum absolute atomic E-state index is 0.459. The lowest BCUT2D eigenvalue weighted by molar-refractivity contribution is 0.579. The van der Waals surface area contributed by atoms with Crippen LogP contribution in [0.3, 0.4) is 0 Å². The lowest BCUT2D eigenvalue weighted by atomic mass is 9.95. The number of fused-ring (bicyclic) bond motifs is 2. The Balaban J connectivity index is 2.09. The van der Waals surface area contributed by atoms with Crippen LogP contribution in [0.5, 0.6) is 0 Å². The van der Waals surface area contributed by atoms with Crippen LogP contribution >= 0.6 is 0 Å². The molecule has 0 saturated heterocycles. The highest BCUT2D eigenvalue weighted by molar-refractivity contribution is 6.02. The van der Waals surface area contributed by atoms with Crippen molar-refractivity contribution in [2.75, 3.05) is 0 Å². The van der Waals surface area contributed by atoms with Gasteiger partial charge in [0.15, 0.2) is 0 Å². The van der Waals surface area contributed by atoms with Gasteiger partial charge in [-0.3, -0.25) is 4.98 Å². The van der Waals surface area contributed by atoms with Crippen LogP contribution in [0.2, 0.25) is 0 Å². The van der Waals surface area contributed by atoms with Gasteiger partial charge in [-0.2, -0.15) is 0 Å². The quantitative estimate of drug-likeness (QED) is 0.428.